The summed E-state index contributed by atoms with van der Waals surface area (Å²) >= 11 is 0. The van der Waals surface area contributed by atoms with Crippen molar-refractivity contribution < 1.29 is 19.2 Å². The summed E-state index contributed by atoms with van der Waals surface area (Å²) in [6.07, 6.45) is 5.65. The van der Waals surface area contributed by atoms with E-state index in [0.717, 1.165) is 34.8 Å². The number of carboxylic acid groups (broad SMARTS) is 1. The topological polar surface area (TPSA) is 136 Å². The first-order valence-corrected chi connectivity index (χ1v) is 12.2. The quantitative estimate of drug-likeness (QED) is 0.333. The van der Waals surface area contributed by atoms with Crippen LogP contribution in [0.4, 0.5) is 5.95 Å². The Bertz CT molecular complexity index is 1390. The molecule has 5 rings (SSSR count). The van der Waals surface area contributed by atoms with Crippen LogP contribution < -0.4 is 10.1 Å². The number of aromatic nitrogens is 5. The molecule has 4 aromatic heterocycles. The number of anilines is 1. The molecular weight excluding hydrogens is 472 g/mol. The van der Waals surface area contributed by atoms with Crippen molar-refractivity contribution in [1.82, 2.24) is 25.1 Å². The molecule has 0 aromatic carbocycles. The van der Waals surface area contributed by atoms with Crippen LogP contribution in [0.25, 0.3) is 22.8 Å². The van der Waals surface area contributed by atoms with Crippen LogP contribution in [0, 0.1) is 25.7 Å². The molecule has 0 spiro atoms. The number of ether oxygens (including phenoxy) is 1. The van der Waals surface area contributed by atoms with Gasteiger partial charge in [-0.15, -0.1) is 0 Å². The molecule has 0 amide bonds. The Labute approximate surface area is 214 Å². The lowest BCUT2D eigenvalue weighted by atomic mass is 10.1. The molecule has 0 aliphatic heterocycles. The number of hydrogen-bond acceptors (Lipinski definition) is 9. The van der Waals surface area contributed by atoms with Gasteiger partial charge in [-0.25, -0.2) is 15.0 Å². The smallest absolute Gasteiger partial charge is 0.306 e. The predicted molar refractivity (Wildman–Crippen MR) is 136 cm³/mol. The van der Waals surface area contributed by atoms with Gasteiger partial charge in [-0.2, -0.15) is 0 Å². The van der Waals surface area contributed by atoms with Gasteiger partial charge in [-0.05, 0) is 69.4 Å². The highest BCUT2D eigenvalue weighted by Crippen LogP contribution is 2.33. The van der Waals surface area contributed by atoms with E-state index >= 15 is 0 Å². The maximum atomic E-state index is 11.2. The largest absolute Gasteiger partial charge is 0.491 e. The van der Waals surface area contributed by atoms with Gasteiger partial charge in [0, 0.05) is 24.5 Å². The van der Waals surface area contributed by atoms with Crippen LogP contribution >= 0.6 is 0 Å². The second kappa shape index (κ2) is 10.7. The van der Waals surface area contributed by atoms with E-state index in [1.165, 1.54) is 0 Å². The van der Waals surface area contributed by atoms with E-state index < -0.39 is 5.97 Å². The Morgan fingerprint density at radius 3 is 2.68 bits per heavy atom. The fourth-order valence-corrected chi connectivity index (χ4v) is 4.55. The Kier molecular flexibility index (Phi) is 7.07. The molecule has 0 bridgehead atoms. The molecular formula is C27H28N6O4. The Morgan fingerprint density at radius 2 is 1.92 bits per heavy atom. The molecule has 2 N–H and O–H groups in total. The molecule has 4 aromatic rings. The van der Waals surface area contributed by atoms with Gasteiger partial charge in [0.05, 0.1) is 35.3 Å². The summed E-state index contributed by atoms with van der Waals surface area (Å²) < 4.78 is 11.6. The van der Waals surface area contributed by atoms with Crippen molar-refractivity contribution in [1.29, 1.82) is 0 Å². The van der Waals surface area contributed by atoms with E-state index in [-0.39, 0.29) is 11.8 Å². The first kappa shape index (κ1) is 24.4. The van der Waals surface area contributed by atoms with Gasteiger partial charge in [0.15, 0.2) is 5.76 Å². The van der Waals surface area contributed by atoms with Gasteiger partial charge >= 0.3 is 5.97 Å². The zero-order chi connectivity index (χ0) is 25.8. The maximum Gasteiger partial charge on any atom is 0.306 e. The molecule has 0 unspecified atom stereocenters. The predicted octanol–water partition coefficient (Wildman–Crippen LogP) is 4.70. The van der Waals surface area contributed by atoms with Gasteiger partial charge in [-0.3, -0.25) is 9.78 Å². The van der Waals surface area contributed by atoms with Crippen LogP contribution in [0.5, 0.6) is 5.75 Å². The molecule has 0 saturated heterocycles. The summed E-state index contributed by atoms with van der Waals surface area (Å²) in [6.45, 7) is 4.65. The average Bonchev–Trinajstić information content (AvgIpc) is 3.54. The Hall–Kier alpha value is -4.34. The van der Waals surface area contributed by atoms with Crippen molar-refractivity contribution in [2.24, 2.45) is 11.8 Å². The molecule has 190 valence electrons. The maximum absolute atomic E-state index is 11.2. The minimum absolute atomic E-state index is 0.244. The van der Waals surface area contributed by atoms with Gasteiger partial charge in [0.25, 0.3) is 0 Å². The number of aliphatic carboxylic acids is 1. The second-order valence-electron chi connectivity index (χ2n) is 9.21. The number of carbonyl (C=O) groups is 1. The van der Waals surface area contributed by atoms with Crippen LogP contribution in [0.15, 0.2) is 53.3 Å². The number of nitrogens with one attached hydrogen (secondary N) is 1. The molecule has 10 heteroatoms. The molecule has 2 atom stereocenters. The summed E-state index contributed by atoms with van der Waals surface area (Å²) in [4.78, 5) is 29.1. The van der Waals surface area contributed by atoms with Crippen LogP contribution in [-0.4, -0.2) is 42.8 Å². The summed E-state index contributed by atoms with van der Waals surface area (Å²) in [5, 5.41) is 16.6. The Morgan fingerprint density at radius 1 is 1.03 bits per heavy atom. The van der Waals surface area contributed by atoms with E-state index in [1.807, 2.05) is 50.2 Å². The monoisotopic (exact) mass is 500 g/mol. The lowest BCUT2D eigenvalue weighted by molar-refractivity contribution is -0.141. The van der Waals surface area contributed by atoms with Crippen LogP contribution in [0.3, 0.4) is 0 Å². The summed E-state index contributed by atoms with van der Waals surface area (Å²) in [6, 6.07) is 11.2. The molecule has 0 radical (unpaired) electrons. The minimum atomic E-state index is -0.718. The molecule has 37 heavy (non-hydrogen) atoms. The lowest BCUT2D eigenvalue weighted by Gasteiger charge is -2.14. The number of aryl methyl sites for hydroxylation is 2. The van der Waals surface area contributed by atoms with Crippen molar-refractivity contribution in [2.75, 3.05) is 11.9 Å². The number of nitrogens with zero attached hydrogens (tertiary/aromatic N) is 5. The van der Waals surface area contributed by atoms with Crippen molar-refractivity contribution in [3.63, 3.8) is 0 Å². The lowest BCUT2D eigenvalue weighted by Crippen LogP contribution is -2.13. The highest BCUT2D eigenvalue weighted by Gasteiger charge is 2.30. The fraction of sp³-hybridized carbons (Fsp3) is 0.333. The van der Waals surface area contributed by atoms with E-state index in [4.69, 9.17) is 14.2 Å². The molecule has 1 aliphatic carbocycles. The fourth-order valence-electron chi connectivity index (χ4n) is 4.55. The molecule has 1 saturated carbocycles. The standard InChI is InChI=1S/C27H28N6O4/c1-16-20(14-30-27-29-12-10-22(32-27)21-5-3-4-11-28-21)25(37-33-16)23-8-9-24(17(2)31-23)36-15-18-6-7-19(13-18)26(34)35/h3-5,8-12,18-19H,6-7,13-15H2,1-2H3,(H,34,35)(H,29,30,32)/t18-,19+/m1/s1. The third-order valence-corrected chi connectivity index (χ3v) is 6.63. The number of pyridine rings is 2. The third-order valence-electron chi connectivity index (χ3n) is 6.63. The van der Waals surface area contributed by atoms with Gasteiger partial charge < -0.3 is 19.7 Å². The highest BCUT2D eigenvalue weighted by molar-refractivity contribution is 5.70. The number of rotatable bonds is 9. The van der Waals surface area contributed by atoms with Gasteiger partial charge in [0.1, 0.15) is 11.4 Å². The first-order valence-electron chi connectivity index (χ1n) is 12.2. The third kappa shape index (κ3) is 5.58. The summed E-state index contributed by atoms with van der Waals surface area (Å²) in [5.74, 6) is 0.983. The van der Waals surface area contributed by atoms with E-state index in [9.17, 15) is 9.90 Å². The van der Waals surface area contributed by atoms with Crippen LogP contribution in [-0.2, 0) is 11.3 Å². The van der Waals surface area contributed by atoms with Gasteiger partial charge in [0.2, 0.25) is 5.95 Å². The zero-order valence-electron chi connectivity index (χ0n) is 20.7. The van der Waals surface area contributed by atoms with Gasteiger partial charge in [-0.1, -0.05) is 11.2 Å². The Balaban J connectivity index is 1.26. The zero-order valence-corrected chi connectivity index (χ0v) is 20.7. The van der Waals surface area contributed by atoms with E-state index in [2.05, 4.69) is 25.4 Å². The van der Waals surface area contributed by atoms with Crippen LogP contribution in [0.2, 0.25) is 0 Å². The van der Waals surface area contributed by atoms with Crippen molar-refractivity contribution >= 4 is 11.9 Å². The van der Waals surface area contributed by atoms with Crippen molar-refractivity contribution in [3.05, 3.63) is 65.7 Å². The first-order chi connectivity index (χ1) is 18.0. The summed E-state index contributed by atoms with van der Waals surface area (Å²) in [5.41, 5.74) is 4.48. The molecule has 1 aliphatic rings. The SMILES string of the molecule is Cc1nc(-c2onc(C)c2CNc2nccc(-c3ccccn3)n2)ccc1OC[C@@H]1CC[C@H](C(=O)O)C1. The molecule has 1 fully saturated rings. The van der Waals surface area contributed by atoms with E-state index in [0.29, 0.717) is 49.1 Å². The van der Waals surface area contributed by atoms with Crippen molar-refractivity contribution in [2.45, 2.75) is 39.7 Å². The van der Waals surface area contributed by atoms with E-state index in [1.54, 1.807) is 12.4 Å². The molecule has 10 nitrogen and oxygen atoms in total. The highest BCUT2D eigenvalue weighted by atomic mass is 16.5. The van der Waals surface area contributed by atoms with Crippen molar-refractivity contribution in [3.8, 4) is 28.6 Å². The van der Waals surface area contributed by atoms with Crippen LogP contribution in [0.1, 0.15) is 36.2 Å². The molecule has 4 heterocycles. The summed E-state index contributed by atoms with van der Waals surface area (Å²) in [7, 11) is 0. The normalized spacial score (nSPS) is 17.0. The average molecular weight is 501 g/mol. The number of hydrogen-bond donors (Lipinski definition) is 2. The minimum Gasteiger partial charge on any atom is -0.491 e. The second-order valence-corrected chi connectivity index (χ2v) is 9.21. The number of carboxylic acids is 1.